The molecule has 1 unspecified atom stereocenters. The zero-order valence-electron chi connectivity index (χ0n) is 18.1. The van der Waals surface area contributed by atoms with E-state index in [2.05, 4.69) is 24.2 Å². The molecule has 2 aromatic carbocycles. The Labute approximate surface area is 182 Å². The summed E-state index contributed by atoms with van der Waals surface area (Å²) in [7, 11) is 3.17. The van der Waals surface area contributed by atoms with E-state index in [1.165, 1.54) is 10.6 Å². The summed E-state index contributed by atoms with van der Waals surface area (Å²) in [5.41, 5.74) is 3.88. The van der Waals surface area contributed by atoms with Crippen LogP contribution in [0, 0.1) is 0 Å². The first-order valence-electron chi connectivity index (χ1n) is 10.4. The summed E-state index contributed by atoms with van der Waals surface area (Å²) in [6.07, 6.45) is 1.84. The number of carboxylic acids is 1. The van der Waals surface area contributed by atoms with E-state index in [9.17, 15) is 9.59 Å². The Morgan fingerprint density at radius 2 is 1.71 bits per heavy atom. The molecule has 0 radical (unpaired) electrons. The fourth-order valence-corrected chi connectivity index (χ4v) is 3.63. The molecule has 0 spiro atoms. The lowest BCUT2D eigenvalue weighted by atomic mass is 9.97. The van der Waals surface area contributed by atoms with Gasteiger partial charge in [0, 0.05) is 25.3 Å². The highest BCUT2D eigenvalue weighted by Crippen LogP contribution is 2.37. The van der Waals surface area contributed by atoms with Gasteiger partial charge < -0.3 is 14.6 Å². The number of hydrogen-bond donors (Lipinski definition) is 1. The third-order valence-corrected chi connectivity index (χ3v) is 5.40. The quantitative estimate of drug-likeness (QED) is 0.652. The molecule has 0 aliphatic carbocycles. The first-order chi connectivity index (χ1) is 14.9. The number of carboxylic acid groups (broad SMARTS) is 1. The maximum atomic E-state index is 13.0. The lowest BCUT2D eigenvalue weighted by Gasteiger charge is -2.23. The maximum absolute atomic E-state index is 13.0. The number of benzene rings is 2. The fourth-order valence-electron chi connectivity index (χ4n) is 3.63. The van der Waals surface area contributed by atoms with Gasteiger partial charge in [-0.25, -0.2) is 5.01 Å². The number of amides is 1. The number of rotatable bonds is 9. The summed E-state index contributed by atoms with van der Waals surface area (Å²) < 4.78 is 10.8. The van der Waals surface area contributed by atoms with Crippen LogP contribution in [0.25, 0.3) is 0 Å². The molecule has 1 aliphatic rings. The van der Waals surface area contributed by atoms with Gasteiger partial charge in [0.1, 0.15) is 11.5 Å². The molecule has 0 saturated heterocycles. The van der Waals surface area contributed by atoms with E-state index in [0.29, 0.717) is 17.9 Å². The Kier molecular flexibility index (Phi) is 7.28. The molecule has 1 amide bonds. The topological polar surface area (TPSA) is 88.4 Å². The molecule has 1 atom stereocenters. The lowest BCUT2D eigenvalue weighted by molar-refractivity contribution is -0.137. The summed E-state index contributed by atoms with van der Waals surface area (Å²) in [5.74, 6) is 0.151. The second-order valence-corrected chi connectivity index (χ2v) is 7.45. The molecule has 3 rings (SSSR count). The Morgan fingerprint density at radius 1 is 1.06 bits per heavy atom. The summed E-state index contributed by atoms with van der Waals surface area (Å²) >= 11 is 0. The van der Waals surface area contributed by atoms with Crippen molar-refractivity contribution < 1.29 is 24.2 Å². The van der Waals surface area contributed by atoms with Gasteiger partial charge in [-0.2, -0.15) is 5.10 Å². The van der Waals surface area contributed by atoms with E-state index >= 15 is 0 Å². The molecule has 1 heterocycles. The Morgan fingerprint density at radius 3 is 2.26 bits per heavy atom. The number of nitrogens with zero attached hydrogens (tertiary/aromatic N) is 2. The normalized spacial score (nSPS) is 15.5. The highest BCUT2D eigenvalue weighted by atomic mass is 16.5. The number of carbonyl (C=O) groups excluding carboxylic acids is 1. The van der Waals surface area contributed by atoms with E-state index in [-0.39, 0.29) is 31.2 Å². The number of aryl methyl sites for hydroxylation is 1. The molecule has 0 bridgehead atoms. The Bertz CT molecular complexity index is 946. The highest BCUT2D eigenvalue weighted by Gasteiger charge is 2.33. The molecule has 7 heteroatoms. The van der Waals surface area contributed by atoms with Crippen LogP contribution in [-0.4, -0.2) is 41.9 Å². The van der Waals surface area contributed by atoms with E-state index < -0.39 is 5.97 Å². The van der Waals surface area contributed by atoms with Gasteiger partial charge in [-0.05, 0) is 41.7 Å². The zero-order chi connectivity index (χ0) is 22.4. The molecule has 164 valence electrons. The van der Waals surface area contributed by atoms with Gasteiger partial charge in [0.2, 0.25) is 5.91 Å². The number of ether oxygens (including phenoxy) is 2. The molecule has 0 saturated carbocycles. The average molecular weight is 424 g/mol. The van der Waals surface area contributed by atoms with Crippen LogP contribution in [0.5, 0.6) is 11.5 Å². The first kappa shape index (κ1) is 22.3. The van der Waals surface area contributed by atoms with Gasteiger partial charge in [-0.15, -0.1) is 0 Å². The molecule has 2 aromatic rings. The minimum atomic E-state index is -0.913. The van der Waals surface area contributed by atoms with Crippen molar-refractivity contribution in [3.63, 3.8) is 0 Å². The molecular formula is C24H28N2O5. The monoisotopic (exact) mass is 424 g/mol. The smallest absolute Gasteiger partial charge is 0.303 e. The standard InChI is InChI=1S/C24H28N2O5/c1-4-16-8-10-17(11-9-16)21-15-22(18-12-19(30-2)14-20(13-18)31-3)26(25-21)23(27)6-5-7-24(28)29/h8-14,22H,4-7,15H2,1-3H3,(H,28,29). The summed E-state index contributed by atoms with van der Waals surface area (Å²) in [5, 5.41) is 15.0. The fraction of sp³-hybridized carbons (Fsp3) is 0.375. The molecule has 31 heavy (non-hydrogen) atoms. The van der Waals surface area contributed by atoms with Gasteiger partial charge in [-0.1, -0.05) is 31.2 Å². The average Bonchev–Trinajstić information content (AvgIpc) is 3.24. The second-order valence-electron chi connectivity index (χ2n) is 7.45. The van der Waals surface area contributed by atoms with E-state index in [4.69, 9.17) is 14.6 Å². The van der Waals surface area contributed by atoms with Gasteiger partial charge in [0.15, 0.2) is 0 Å². The van der Waals surface area contributed by atoms with Crippen LogP contribution in [0.2, 0.25) is 0 Å². The van der Waals surface area contributed by atoms with Crippen LogP contribution >= 0.6 is 0 Å². The Hall–Kier alpha value is -3.35. The highest BCUT2D eigenvalue weighted by molar-refractivity contribution is 6.03. The van der Waals surface area contributed by atoms with Crippen molar-refractivity contribution >= 4 is 17.6 Å². The van der Waals surface area contributed by atoms with Crippen molar-refractivity contribution in [2.24, 2.45) is 5.10 Å². The molecule has 0 aromatic heterocycles. The number of hydrogen-bond acceptors (Lipinski definition) is 5. The molecule has 0 fully saturated rings. The van der Waals surface area contributed by atoms with Crippen molar-refractivity contribution in [1.82, 2.24) is 5.01 Å². The number of aliphatic carboxylic acids is 1. The van der Waals surface area contributed by atoms with Crippen LogP contribution in [0.1, 0.15) is 55.3 Å². The van der Waals surface area contributed by atoms with Gasteiger partial charge >= 0.3 is 5.97 Å². The van der Waals surface area contributed by atoms with Crippen LogP contribution in [0.15, 0.2) is 47.6 Å². The van der Waals surface area contributed by atoms with E-state index in [1.807, 2.05) is 24.3 Å². The number of methoxy groups -OCH3 is 2. The third kappa shape index (κ3) is 5.42. The molecule has 1 aliphatic heterocycles. The van der Waals surface area contributed by atoms with Crippen molar-refractivity contribution in [2.45, 2.75) is 45.1 Å². The predicted molar refractivity (Wildman–Crippen MR) is 118 cm³/mol. The van der Waals surface area contributed by atoms with E-state index in [1.54, 1.807) is 20.3 Å². The van der Waals surface area contributed by atoms with Crippen LogP contribution in [-0.2, 0) is 16.0 Å². The van der Waals surface area contributed by atoms with Crippen molar-refractivity contribution in [3.05, 3.63) is 59.2 Å². The first-order valence-corrected chi connectivity index (χ1v) is 10.4. The maximum Gasteiger partial charge on any atom is 0.303 e. The largest absolute Gasteiger partial charge is 0.497 e. The number of hydrazone groups is 1. The third-order valence-electron chi connectivity index (χ3n) is 5.40. The van der Waals surface area contributed by atoms with Gasteiger partial charge in [0.25, 0.3) is 0 Å². The molecular weight excluding hydrogens is 396 g/mol. The minimum absolute atomic E-state index is 0.0493. The summed E-state index contributed by atoms with van der Waals surface area (Å²) in [6, 6.07) is 13.4. The zero-order valence-corrected chi connectivity index (χ0v) is 18.1. The van der Waals surface area contributed by atoms with Gasteiger partial charge in [-0.3, -0.25) is 9.59 Å². The Balaban J connectivity index is 1.92. The minimum Gasteiger partial charge on any atom is -0.497 e. The van der Waals surface area contributed by atoms with Gasteiger partial charge in [0.05, 0.1) is 26.0 Å². The number of carbonyl (C=O) groups is 2. The SMILES string of the molecule is CCc1ccc(C2=NN(C(=O)CCCC(=O)O)C(c3cc(OC)cc(OC)c3)C2)cc1. The van der Waals surface area contributed by atoms with Crippen LogP contribution in [0.3, 0.4) is 0 Å². The summed E-state index contributed by atoms with van der Waals surface area (Å²) in [6.45, 7) is 2.10. The van der Waals surface area contributed by atoms with Crippen molar-refractivity contribution in [2.75, 3.05) is 14.2 Å². The molecule has 7 nitrogen and oxygen atoms in total. The molecule has 1 N–H and O–H groups in total. The van der Waals surface area contributed by atoms with Crippen LogP contribution in [0.4, 0.5) is 0 Å². The predicted octanol–water partition coefficient (Wildman–Crippen LogP) is 4.20. The van der Waals surface area contributed by atoms with Crippen molar-refractivity contribution in [3.8, 4) is 11.5 Å². The second kappa shape index (κ2) is 10.1. The van der Waals surface area contributed by atoms with Crippen molar-refractivity contribution in [1.29, 1.82) is 0 Å². The summed E-state index contributed by atoms with van der Waals surface area (Å²) in [4.78, 5) is 23.8. The van der Waals surface area contributed by atoms with E-state index in [0.717, 1.165) is 23.3 Å². The van der Waals surface area contributed by atoms with Crippen LogP contribution < -0.4 is 9.47 Å². The lowest BCUT2D eigenvalue weighted by Crippen LogP contribution is -2.27.